The molecule has 0 saturated heterocycles. The quantitative estimate of drug-likeness (QED) is 0.638. The zero-order valence-corrected chi connectivity index (χ0v) is 8.50. The van der Waals surface area contributed by atoms with Crippen LogP contribution < -0.4 is 5.73 Å². The highest BCUT2D eigenvalue weighted by atomic mass is 16.5. The van der Waals surface area contributed by atoms with E-state index < -0.39 is 0 Å². The number of nitrogens with two attached hydrogens (primary N) is 1. The third-order valence-corrected chi connectivity index (χ3v) is 2.35. The van der Waals surface area contributed by atoms with Gasteiger partial charge in [0.15, 0.2) is 0 Å². The number of hydrogen-bond donors (Lipinski definition) is 1. The van der Waals surface area contributed by atoms with Crippen molar-refractivity contribution in [3.63, 3.8) is 0 Å². The van der Waals surface area contributed by atoms with E-state index >= 15 is 0 Å². The van der Waals surface area contributed by atoms with Gasteiger partial charge in [0, 0.05) is 12.6 Å². The van der Waals surface area contributed by atoms with Gasteiger partial charge in [-0.15, -0.1) is 0 Å². The topological polar surface area (TPSA) is 44.5 Å². The van der Waals surface area contributed by atoms with E-state index in [9.17, 15) is 0 Å². The minimum absolute atomic E-state index is 0.363. The number of rotatable bonds is 6. The third-order valence-electron chi connectivity index (χ3n) is 2.35. The van der Waals surface area contributed by atoms with Gasteiger partial charge in [-0.3, -0.25) is 0 Å². The molecule has 78 valence electrons. The minimum atomic E-state index is 0.363. The molecule has 3 nitrogen and oxygen atoms in total. The molecule has 0 spiro atoms. The van der Waals surface area contributed by atoms with Crippen LogP contribution >= 0.6 is 0 Å². The van der Waals surface area contributed by atoms with Crippen LogP contribution in [-0.2, 0) is 9.47 Å². The first-order valence-corrected chi connectivity index (χ1v) is 5.28. The molecule has 0 radical (unpaired) electrons. The Kier molecular flexibility index (Phi) is 5.35. The van der Waals surface area contributed by atoms with E-state index in [2.05, 4.69) is 6.92 Å². The van der Waals surface area contributed by atoms with E-state index in [-0.39, 0.29) is 0 Å². The molecule has 0 aliphatic heterocycles. The van der Waals surface area contributed by atoms with Crippen molar-refractivity contribution in [2.75, 3.05) is 19.8 Å². The van der Waals surface area contributed by atoms with Gasteiger partial charge in [-0.2, -0.15) is 0 Å². The average molecular weight is 187 g/mol. The molecule has 1 aliphatic rings. The van der Waals surface area contributed by atoms with Gasteiger partial charge in [0.05, 0.1) is 19.3 Å². The molecular formula is C10H21NO2. The lowest BCUT2D eigenvalue weighted by molar-refractivity contribution is 0.00762. The third kappa shape index (κ3) is 4.60. The Morgan fingerprint density at radius 2 is 2.08 bits per heavy atom. The summed E-state index contributed by atoms with van der Waals surface area (Å²) in [5, 5.41) is 0. The lowest BCUT2D eigenvalue weighted by Crippen LogP contribution is -2.18. The fraction of sp³-hybridized carbons (Fsp3) is 1.00. The van der Waals surface area contributed by atoms with Gasteiger partial charge in [-0.1, -0.05) is 6.92 Å². The number of hydrogen-bond acceptors (Lipinski definition) is 3. The van der Waals surface area contributed by atoms with Crippen molar-refractivity contribution in [2.24, 2.45) is 5.73 Å². The predicted molar refractivity (Wildman–Crippen MR) is 52.7 cm³/mol. The highest BCUT2D eigenvalue weighted by Crippen LogP contribution is 2.19. The maximum absolute atomic E-state index is 5.77. The van der Waals surface area contributed by atoms with Crippen molar-refractivity contribution in [1.82, 2.24) is 0 Å². The molecule has 0 aromatic rings. The van der Waals surface area contributed by atoms with Crippen molar-refractivity contribution >= 4 is 0 Å². The van der Waals surface area contributed by atoms with Gasteiger partial charge in [0.25, 0.3) is 0 Å². The van der Waals surface area contributed by atoms with Crippen LogP contribution in [0.5, 0.6) is 0 Å². The summed E-state index contributed by atoms with van der Waals surface area (Å²) in [7, 11) is 0. The van der Waals surface area contributed by atoms with Crippen molar-refractivity contribution in [1.29, 1.82) is 0 Å². The van der Waals surface area contributed by atoms with Gasteiger partial charge in [-0.05, 0) is 25.7 Å². The van der Waals surface area contributed by atoms with Crippen LogP contribution in [0.2, 0.25) is 0 Å². The molecule has 3 heteroatoms. The first kappa shape index (κ1) is 11.0. The van der Waals surface area contributed by atoms with Crippen LogP contribution in [-0.4, -0.2) is 32.0 Å². The Morgan fingerprint density at radius 1 is 1.23 bits per heavy atom. The fourth-order valence-corrected chi connectivity index (χ4v) is 1.64. The van der Waals surface area contributed by atoms with Crippen LogP contribution in [0.3, 0.4) is 0 Å². The van der Waals surface area contributed by atoms with E-state index in [1.54, 1.807) is 0 Å². The molecule has 0 amide bonds. The molecule has 0 bridgehead atoms. The van der Waals surface area contributed by atoms with E-state index in [0.29, 0.717) is 12.1 Å². The van der Waals surface area contributed by atoms with E-state index in [1.165, 1.54) is 0 Å². The molecule has 1 aliphatic carbocycles. The maximum Gasteiger partial charge on any atom is 0.0704 e. The summed E-state index contributed by atoms with van der Waals surface area (Å²) in [5.41, 5.74) is 5.77. The molecule has 0 heterocycles. The van der Waals surface area contributed by atoms with Crippen LogP contribution in [0, 0.1) is 0 Å². The van der Waals surface area contributed by atoms with Gasteiger partial charge >= 0.3 is 0 Å². The summed E-state index contributed by atoms with van der Waals surface area (Å²) in [4.78, 5) is 0. The van der Waals surface area contributed by atoms with E-state index in [4.69, 9.17) is 15.2 Å². The normalized spacial score (nSPS) is 28.2. The van der Waals surface area contributed by atoms with Crippen molar-refractivity contribution < 1.29 is 9.47 Å². The van der Waals surface area contributed by atoms with Crippen LogP contribution in [0.4, 0.5) is 0 Å². The zero-order valence-electron chi connectivity index (χ0n) is 8.50. The Labute approximate surface area is 80.6 Å². The Bertz CT molecular complexity index is 130. The minimum Gasteiger partial charge on any atom is -0.379 e. The van der Waals surface area contributed by atoms with Crippen LogP contribution in [0.15, 0.2) is 0 Å². The highest BCUT2D eigenvalue weighted by molar-refractivity contribution is 4.77. The molecular weight excluding hydrogens is 166 g/mol. The second-order valence-electron chi connectivity index (χ2n) is 3.68. The molecule has 2 atom stereocenters. The van der Waals surface area contributed by atoms with E-state index in [0.717, 1.165) is 45.5 Å². The zero-order chi connectivity index (χ0) is 9.52. The highest BCUT2D eigenvalue weighted by Gasteiger charge is 2.21. The maximum atomic E-state index is 5.77. The van der Waals surface area contributed by atoms with Gasteiger partial charge in [0.2, 0.25) is 0 Å². The summed E-state index contributed by atoms with van der Waals surface area (Å²) in [6.45, 7) is 4.39. The molecule has 2 unspecified atom stereocenters. The molecule has 2 N–H and O–H groups in total. The van der Waals surface area contributed by atoms with Crippen LogP contribution in [0.25, 0.3) is 0 Å². The first-order valence-electron chi connectivity index (χ1n) is 5.28. The van der Waals surface area contributed by atoms with Gasteiger partial charge in [0.1, 0.15) is 0 Å². The average Bonchev–Trinajstić information content (AvgIpc) is 2.51. The second kappa shape index (κ2) is 6.35. The van der Waals surface area contributed by atoms with E-state index in [1.807, 2.05) is 0 Å². The lowest BCUT2D eigenvalue weighted by atomic mass is 10.3. The SMILES string of the molecule is CCCOCCOC1CCC(N)C1. The predicted octanol–water partition coefficient (Wildman–Crippen LogP) is 1.31. The Hall–Kier alpha value is -0.120. The monoisotopic (exact) mass is 187 g/mol. The Morgan fingerprint density at radius 3 is 2.69 bits per heavy atom. The molecule has 1 saturated carbocycles. The number of ether oxygens (including phenoxy) is 2. The second-order valence-corrected chi connectivity index (χ2v) is 3.68. The summed E-state index contributed by atoms with van der Waals surface area (Å²) in [6, 6.07) is 0.363. The van der Waals surface area contributed by atoms with Crippen LogP contribution in [0.1, 0.15) is 32.6 Å². The molecule has 13 heavy (non-hydrogen) atoms. The largest absolute Gasteiger partial charge is 0.379 e. The van der Waals surface area contributed by atoms with Crippen molar-refractivity contribution in [3.05, 3.63) is 0 Å². The van der Waals surface area contributed by atoms with Gasteiger partial charge in [-0.25, -0.2) is 0 Å². The molecule has 0 aromatic heterocycles. The summed E-state index contributed by atoms with van der Waals surface area (Å²) in [5.74, 6) is 0. The smallest absolute Gasteiger partial charge is 0.0704 e. The summed E-state index contributed by atoms with van der Waals surface area (Å²) >= 11 is 0. The molecule has 1 rings (SSSR count). The standard InChI is InChI=1S/C10H21NO2/c1-2-5-12-6-7-13-10-4-3-9(11)8-10/h9-10H,2-8,11H2,1H3. The fourth-order valence-electron chi connectivity index (χ4n) is 1.64. The van der Waals surface area contributed by atoms with Crippen molar-refractivity contribution in [2.45, 2.75) is 44.8 Å². The lowest BCUT2D eigenvalue weighted by Gasteiger charge is -2.11. The molecule has 0 aromatic carbocycles. The van der Waals surface area contributed by atoms with Gasteiger partial charge < -0.3 is 15.2 Å². The first-order chi connectivity index (χ1) is 6.33. The summed E-state index contributed by atoms with van der Waals surface area (Å²) < 4.78 is 10.9. The Balaban J connectivity index is 1.88. The summed E-state index contributed by atoms with van der Waals surface area (Å²) in [6.07, 6.45) is 4.72. The van der Waals surface area contributed by atoms with Crippen molar-refractivity contribution in [3.8, 4) is 0 Å². The molecule has 1 fully saturated rings.